The minimum Gasteiger partial charge on any atom is -0.375 e. The van der Waals surface area contributed by atoms with Gasteiger partial charge in [0, 0.05) is 6.07 Å². The summed E-state index contributed by atoms with van der Waals surface area (Å²) in [7, 11) is 0. The zero-order chi connectivity index (χ0) is 10.7. The number of benzene rings is 1. The Morgan fingerprint density at radius 1 is 1.29 bits per heavy atom. The minimum atomic E-state index is -0.669. The average molecular weight is 216 g/mol. The van der Waals surface area contributed by atoms with E-state index in [1.807, 2.05) is 13.8 Å². The molecule has 0 amide bonds. The molecule has 1 aromatic carbocycles. The number of hydrogen-bond acceptors (Lipinski definition) is 3. The molecule has 0 radical (unpaired) electrons. The lowest BCUT2D eigenvalue weighted by Gasteiger charge is -1.89. The summed E-state index contributed by atoms with van der Waals surface area (Å²) < 4.78 is 25.9. The Labute approximate surface area is 84.4 Å². The zero-order valence-corrected chi connectivity index (χ0v) is 8.66. The first-order valence-electron chi connectivity index (χ1n) is 4.18. The summed E-state index contributed by atoms with van der Waals surface area (Å²) in [6.45, 7) is 4.00. The third kappa shape index (κ3) is 1.98. The van der Waals surface area contributed by atoms with Gasteiger partial charge in [-0.2, -0.15) is 0 Å². The van der Waals surface area contributed by atoms with E-state index in [-0.39, 0.29) is 10.6 Å². The number of nitrogens with zero attached hydrogens (tertiary/aromatic N) is 1. The summed E-state index contributed by atoms with van der Waals surface area (Å²) in [6, 6.07) is 2.01. The van der Waals surface area contributed by atoms with Crippen LogP contribution in [0, 0.1) is 11.6 Å². The van der Waals surface area contributed by atoms with Crippen molar-refractivity contribution < 1.29 is 8.78 Å². The molecule has 76 valence electrons. The fourth-order valence-electron chi connectivity index (χ4n) is 0.974. The zero-order valence-electron chi connectivity index (χ0n) is 7.84. The van der Waals surface area contributed by atoms with Crippen LogP contribution in [0.25, 0.3) is 10.2 Å². The second-order valence-electron chi connectivity index (χ2n) is 2.29. The van der Waals surface area contributed by atoms with Gasteiger partial charge in [-0.3, -0.25) is 0 Å². The lowest BCUT2D eigenvalue weighted by atomic mass is 10.3. The second-order valence-corrected chi connectivity index (χ2v) is 3.35. The summed E-state index contributed by atoms with van der Waals surface area (Å²) in [5, 5.41) is 0.245. The van der Waals surface area contributed by atoms with E-state index in [9.17, 15) is 8.78 Å². The van der Waals surface area contributed by atoms with Crippen molar-refractivity contribution in [3.05, 3.63) is 23.8 Å². The van der Waals surface area contributed by atoms with Crippen molar-refractivity contribution in [2.75, 3.05) is 5.73 Å². The maximum absolute atomic E-state index is 12.9. The van der Waals surface area contributed by atoms with Gasteiger partial charge in [0.2, 0.25) is 0 Å². The van der Waals surface area contributed by atoms with Gasteiger partial charge in [0.05, 0.1) is 4.70 Å². The molecule has 0 spiro atoms. The van der Waals surface area contributed by atoms with Crippen LogP contribution in [0.1, 0.15) is 13.8 Å². The smallest absolute Gasteiger partial charge is 0.181 e. The first-order valence-corrected chi connectivity index (χ1v) is 4.99. The molecule has 1 aromatic heterocycles. The van der Waals surface area contributed by atoms with Crippen LogP contribution < -0.4 is 5.73 Å². The van der Waals surface area contributed by atoms with E-state index in [0.717, 1.165) is 17.4 Å². The molecule has 1 heterocycles. The number of nitrogen functional groups attached to an aromatic ring is 1. The van der Waals surface area contributed by atoms with Crippen molar-refractivity contribution >= 4 is 26.7 Å². The van der Waals surface area contributed by atoms with E-state index in [0.29, 0.717) is 4.70 Å². The van der Waals surface area contributed by atoms with Gasteiger partial charge in [-0.25, -0.2) is 13.8 Å². The number of fused-ring (bicyclic) bond motifs is 1. The standard InChI is InChI=1S/C7H4F2N2S.C2H6/c8-3-1-4(9)6-5(2-3)12-7(10)11-6;1-2/h1-2H,(H2,10,11);1-2H3. The molecule has 2 nitrogen and oxygen atoms in total. The summed E-state index contributed by atoms with van der Waals surface area (Å²) in [5.41, 5.74) is 5.47. The molecule has 0 aliphatic heterocycles. The van der Waals surface area contributed by atoms with E-state index in [1.54, 1.807) is 0 Å². The highest BCUT2D eigenvalue weighted by Crippen LogP contribution is 2.26. The van der Waals surface area contributed by atoms with Crippen LogP contribution in [0.3, 0.4) is 0 Å². The Morgan fingerprint density at radius 2 is 1.93 bits per heavy atom. The van der Waals surface area contributed by atoms with Crippen molar-refractivity contribution in [1.82, 2.24) is 4.98 Å². The molecule has 0 saturated carbocycles. The van der Waals surface area contributed by atoms with Crippen LogP contribution in [0.4, 0.5) is 13.9 Å². The fourth-order valence-corrected chi connectivity index (χ4v) is 1.75. The second kappa shape index (κ2) is 4.32. The number of anilines is 1. The topological polar surface area (TPSA) is 38.9 Å². The predicted molar refractivity (Wildman–Crippen MR) is 55.3 cm³/mol. The minimum absolute atomic E-state index is 0.138. The van der Waals surface area contributed by atoms with Crippen molar-refractivity contribution in [2.24, 2.45) is 0 Å². The molecule has 0 saturated heterocycles. The molecular formula is C9H10F2N2S. The molecule has 0 unspecified atom stereocenters. The van der Waals surface area contributed by atoms with Gasteiger partial charge < -0.3 is 5.73 Å². The van der Waals surface area contributed by atoms with Crippen LogP contribution in [-0.2, 0) is 0 Å². The average Bonchev–Trinajstić information content (AvgIpc) is 2.49. The van der Waals surface area contributed by atoms with Gasteiger partial charge in [0.15, 0.2) is 10.9 Å². The number of nitrogens with two attached hydrogens (primary N) is 1. The quantitative estimate of drug-likeness (QED) is 0.734. The highest BCUT2D eigenvalue weighted by atomic mass is 32.1. The predicted octanol–water partition coefficient (Wildman–Crippen LogP) is 3.18. The van der Waals surface area contributed by atoms with Crippen molar-refractivity contribution in [2.45, 2.75) is 13.8 Å². The molecule has 0 aliphatic rings. The maximum Gasteiger partial charge on any atom is 0.181 e. The van der Waals surface area contributed by atoms with E-state index in [2.05, 4.69) is 4.98 Å². The summed E-state index contributed by atoms with van der Waals surface area (Å²) in [5.74, 6) is -1.28. The van der Waals surface area contributed by atoms with E-state index in [4.69, 9.17) is 5.73 Å². The van der Waals surface area contributed by atoms with E-state index in [1.165, 1.54) is 6.07 Å². The Balaban J connectivity index is 0.000000461. The number of rotatable bonds is 0. The normalized spacial score (nSPS) is 9.71. The molecule has 2 aromatic rings. The van der Waals surface area contributed by atoms with E-state index < -0.39 is 11.6 Å². The largest absolute Gasteiger partial charge is 0.375 e. The van der Waals surface area contributed by atoms with Crippen LogP contribution in [0.2, 0.25) is 0 Å². The molecule has 0 aliphatic carbocycles. The third-order valence-electron chi connectivity index (χ3n) is 1.43. The van der Waals surface area contributed by atoms with Crippen LogP contribution in [-0.4, -0.2) is 4.98 Å². The number of halogens is 2. The number of hydrogen-bond donors (Lipinski definition) is 1. The van der Waals surface area contributed by atoms with E-state index >= 15 is 0 Å². The fraction of sp³-hybridized carbons (Fsp3) is 0.222. The van der Waals surface area contributed by atoms with Crippen LogP contribution in [0.5, 0.6) is 0 Å². The molecule has 14 heavy (non-hydrogen) atoms. The maximum atomic E-state index is 12.9. The molecule has 0 bridgehead atoms. The highest BCUT2D eigenvalue weighted by Gasteiger charge is 2.08. The van der Waals surface area contributed by atoms with Crippen LogP contribution in [0.15, 0.2) is 12.1 Å². The summed E-state index contributed by atoms with van der Waals surface area (Å²) in [6.07, 6.45) is 0. The lowest BCUT2D eigenvalue weighted by molar-refractivity contribution is 0.591. The monoisotopic (exact) mass is 216 g/mol. The first-order chi connectivity index (χ1) is 6.66. The number of aromatic nitrogens is 1. The Bertz CT molecular complexity index is 440. The first kappa shape index (κ1) is 10.8. The SMILES string of the molecule is CC.Nc1nc2c(F)cc(F)cc2s1. The summed E-state index contributed by atoms with van der Waals surface area (Å²) in [4.78, 5) is 3.71. The Kier molecular flexibility index (Phi) is 3.35. The van der Waals surface area contributed by atoms with Gasteiger partial charge in [-0.05, 0) is 6.07 Å². The van der Waals surface area contributed by atoms with Crippen LogP contribution >= 0.6 is 11.3 Å². The highest BCUT2D eigenvalue weighted by molar-refractivity contribution is 7.22. The molecule has 2 N–H and O–H groups in total. The van der Waals surface area contributed by atoms with Gasteiger partial charge in [0.1, 0.15) is 11.3 Å². The van der Waals surface area contributed by atoms with Gasteiger partial charge in [-0.15, -0.1) is 0 Å². The molecule has 5 heteroatoms. The Hall–Kier alpha value is -1.23. The number of thiazole rings is 1. The van der Waals surface area contributed by atoms with Crippen molar-refractivity contribution in [3.63, 3.8) is 0 Å². The molecule has 2 rings (SSSR count). The van der Waals surface area contributed by atoms with Gasteiger partial charge in [-0.1, -0.05) is 25.2 Å². The van der Waals surface area contributed by atoms with Crippen molar-refractivity contribution in [1.29, 1.82) is 0 Å². The molecule has 0 atom stereocenters. The molecule has 0 fully saturated rings. The third-order valence-corrected chi connectivity index (χ3v) is 2.26. The summed E-state index contributed by atoms with van der Waals surface area (Å²) >= 11 is 1.07. The van der Waals surface area contributed by atoms with Gasteiger partial charge >= 0.3 is 0 Å². The van der Waals surface area contributed by atoms with Crippen molar-refractivity contribution in [3.8, 4) is 0 Å². The Morgan fingerprint density at radius 3 is 2.57 bits per heavy atom. The van der Waals surface area contributed by atoms with Gasteiger partial charge in [0.25, 0.3) is 0 Å². The molecular weight excluding hydrogens is 206 g/mol. The lowest BCUT2D eigenvalue weighted by Crippen LogP contribution is -1.83.